The Bertz CT molecular complexity index is 1730. The lowest BCUT2D eigenvalue weighted by Crippen LogP contribution is -2.60. The van der Waals surface area contributed by atoms with E-state index in [2.05, 4.69) is 31.9 Å². The zero-order valence-corrected chi connectivity index (χ0v) is 36.8. The minimum Gasteiger partial charge on any atom is -0.394 e. The largest absolute Gasteiger partial charge is 0.394 e. The molecule has 1 saturated heterocycles. The van der Waals surface area contributed by atoms with Gasteiger partial charge in [-0.1, -0.05) is 78.3 Å². The van der Waals surface area contributed by atoms with Crippen LogP contribution < -0.4 is 43.4 Å². The summed E-state index contributed by atoms with van der Waals surface area (Å²) in [4.78, 5) is 119. The highest BCUT2D eigenvalue weighted by molar-refractivity contribution is 5.98. The molecule has 0 unspecified atom stereocenters. The van der Waals surface area contributed by atoms with Crippen LogP contribution >= 0.6 is 0 Å². The van der Waals surface area contributed by atoms with Gasteiger partial charge in [-0.15, -0.1) is 0 Å². The minimum absolute atomic E-state index is 0.0525. The van der Waals surface area contributed by atoms with Crippen LogP contribution in [-0.4, -0.2) is 136 Å². The van der Waals surface area contributed by atoms with Gasteiger partial charge in [-0.25, -0.2) is 0 Å². The molecule has 0 bridgehead atoms. The van der Waals surface area contributed by atoms with Gasteiger partial charge in [-0.05, 0) is 55.5 Å². The van der Waals surface area contributed by atoms with Crippen LogP contribution in [0.4, 0.5) is 0 Å². The number of hydrogen-bond acceptors (Lipinski definition) is 12. The van der Waals surface area contributed by atoms with Gasteiger partial charge in [-0.2, -0.15) is 0 Å². The van der Waals surface area contributed by atoms with Crippen LogP contribution in [0.25, 0.3) is 0 Å². The molecule has 20 heteroatoms. The molecule has 8 amide bonds. The molecule has 0 aromatic heterocycles. The van der Waals surface area contributed by atoms with E-state index in [-0.39, 0.29) is 37.1 Å². The summed E-state index contributed by atoms with van der Waals surface area (Å²) in [6, 6.07) is 0.0240. The van der Waals surface area contributed by atoms with Crippen molar-refractivity contribution in [2.45, 2.75) is 135 Å². The molecular weight excluding hydrogens is 807 g/mol. The van der Waals surface area contributed by atoms with E-state index in [9.17, 15) is 53.4 Å². The van der Waals surface area contributed by atoms with Crippen LogP contribution in [0.2, 0.25) is 0 Å². The molecule has 1 aliphatic rings. The number of Topliss-reactive ketones (excluding diaryl/α,β-unsaturated/α-hetero) is 1. The van der Waals surface area contributed by atoms with Crippen molar-refractivity contribution in [3.63, 3.8) is 0 Å². The number of likely N-dealkylation sites (tertiary alicyclic amines) is 1. The molecule has 1 aromatic rings. The van der Waals surface area contributed by atoms with E-state index in [1.165, 1.54) is 0 Å². The summed E-state index contributed by atoms with van der Waals surface area (Å²) in [6.07, 6.45) is -1.12. The first kappa shape index (κ1) is 52.7. The summed E-state index contributed by atoms with van der Waals surface area (Å²) >= 11 is 0. The Kier molecular flexibility index (Phi) is 21.6. The predicted octanol–water partition coefficient (Wildman–Crippen LogP) is -2.35. The molecule has 0 aliphatic carbocycles. The number of nitrogens with zero attached hydrogens (tertiary/aromatic N) is 1. The molecule has 62 heavy (non-hydrogen) atoms. The van der Waals surface area contributed by atoms with E-state index in [1.54, 1.807) is 69.9 Å². The number of carbonyl (C=O) groups is 9. The van der Waals surface area contributed by atoms with Crippen LogP contribution in [0.5, 0.6) is 0 Å². The van der Waals surface area contributed by atoms with Crippen molar-refractivity contribution in [1.29, 1.82) is 0 Å². The molecule has 346 valence electrons. The second kappa shape index (κ2) is 25.5. The highest BCUT2D eigenvalue weighted by atomic mass is 16.3. The number of amides is 8. The number of ketones is 1. The van der Waals surface area contributed by atoms with E-state index < -0.39 is 114 Å². The van der Waals surface area contributed by atoms with Gasteiger partial charge in [0.15, 0.2) is 5.78 Å². The van der Waals surface area contributed by atoms with Gasteiger partial charge in [0, 0.05) is 13.5 Å². The number of aliphatic hydroxyl groups is 2. The first-order valence-corrected chi connectivity index (χ1v) is 21.1. The van der Waals surface area contributed by atoms with Gasteiger partial charge in [0.2, 0.25) is 47.3 Å². The molecule has 1 aromatic carbocycles. The smallest absolute Gasteiger partial charge is 0.245 e. The Hall–Kier alpha value is -5.47. The summed E-state index contributed by atoms with van der Waals surface area (Å²) < 4.78 is 0. The molecule has 0 saturated carbocycles. The third-order valence-electron chi connectivity index (χ3n) is 10.7. The number of benzene rings is 1. The highest BCUT2D eigenvalue weighted by Crippen LogP contribution is 2.20. The topological polar surface area (TPSA) is 322 Å². The summed E-state index contributed by atoms with van der Waals surface area (Å²) in [5.41, 5.74) is 11.6. The Morgan fingerprint density at radius 2 is 1.34 bits per heavy atom. The number of rotatable bonds is 26. The number of hydrogen-bond donors (Lipinski definition) is 10. The summed E-state index contributed by atoms with van der Waals surface area (Å²) in [7, 11) is 0. The number of nitrogens with two attached hydrogens (primary N) is 2. The van der Waals surface area contributed by atoms with Gasteiger partial charge in [-0.3, -0.25) is 48.1 Å². The number of carbonyl (C=O) groups excluding carboxylic acids is 9. The molecule has 12 N–H and O–H groups in total. The molecule has 1 fully saturated rings. The molecule has 0 radical (unpaired) electrons. The van der Waals surface area contributed by atoms with E-state index in [0.29, 0.717) is 31.4 Å². The van der Waals surface area contributed by atoms with Crippen molar-refractivity contribution < 1.29 is 53.4 Å². The Morgan fingerprint density at radius 1 is 0.758 bits per heavy atom. The molecular formula is C42H67N9O11. The third kappa shape index (κ3) is 16.8. The van der Waals surface area contributed by atoms with Crippen molar-refractivity contribution in [3.05, 3.63) is 35.9 Å². The van der Waals surface area contributed by atoms with E-state index in [4.69, 9.17) is 11.5 Å². The summed E-state index contributed by atoms with van der Waals surface area (Å²) in [5, 5.41) is 36.2. The van der Waals surface area contributed by atoms with Crippen LogP contribution in [0.1, 0.15) is 86.1 Å². The quantitative estimate of drug-likeness (QED) is 0.0468. The Labute approximate surface area is 362 Å². The van der Waals surface area contributed by atoms with Gasteiger partial charge in [0.05, 0.1) is 25.1 Å². The highest BCUT2D eigenvalue weighted by Gasteiger charge is 2.39. The lowest BCUT2D eigenvalue weighted by Gasteiger charge is -2.31. The molecule has 2 rings (SSSR count). The Balaban J connectivity index is 2.33. The van der Waals surface area contributed by atoms with Gasteiger partial charge < -0.3 is 53.6 Å². The maximum absolute atomic E-state index is 14.1. The normalized spacial score (nSPS) is 17.9. The number of aliphatic hydroxyl groups excluding tert-OH is 2. The lowest BCUT2D eigenvalue weighted by atomic mass is 9.96. The van der Waals surface area contributed by atoms with Gasteiger partial charge in [0.25, 0.3) is 0 Å². The zero-order valence-electron chi connectivity index (χ0n) is 36.8. The van der Waals surface area contributed by atoms with Crippen LogP contribution in [-0.2, 0) is 49.6 Å². The number of primary amides is 2. The average molecular weight is 874 g/mol. The minimum atomic E-state index is -1.74. The Morgan fingerprint density at radius 3 is 1.87 bits per heavy atom. The van der Waals surface area contributed by atoms with Crippen molar-refractivity contribution in [3.8, 4) is 0 Å². The van der Waals surface area contributed by atoms with Crippen molar-refractivity contribution >= 4 is 53.0 Å². The molecule has 9 atom stereocenters. The first-order valence-electron chi connectivity index (χ1n) is 21.1. The molecule has 0 spiro atoms. The van der Waals surface area contributed by atoms with Crippen LogP contribution in [0.3, 0.4) is 0 Å². The first-order chi connectivity index (χ1) is 29.1. The monoisotopic (exact) mass is 873 g/mol. The van der Waals surface area contributed by atoms with Crippen molar-refractivity contribution in [2.24, 2.45) is 29.2 Å². The van der Waals surface area contributed by atoms with E-state index in [0.717, 1.165) is 6.92 Å². The molecule has 1 aliphatic heterocycles. The second-order valence-electron chi connectivity index (χ2n) is 16.7. The molecule has 20 nitrogen and oxygen atoms in total. The van der Waals surface area contributed by atoms with Crippen LogP contribution in [0, 0.1) is 17.8 Å². The van der Waals surface area contributed by atoms with Crippen LogP contribution in [0.15, 0.2) is 30.3 Å². The van der Waals surface area contributed by atoms with Gasteiger partial charge in [0.1, 0.15) is 36.3 Å². The van der Waals surface area contributed by atoms with E-state index in [1.807, 2.05) is 6.92 Å². The second-order valence-corrected chi connectivity index (χ2v) is 16.7. The zero-order chi connectivity index (χ0) is 46.8. The van der Waals surface area contributed by atoms with Gasteiger partial charge >= 0.3 is 0 Å². The summed E-state index contributed by atoms with van der Waals surface area (Å²) in [6.45, 7) is 11.0. The van der Waals surface area contributed by atoms with Crippen molar-refractivity contribution in [1.82, 2.24) is 36.8 Å². The number of β-amino-alcohol motifs (C(OH)–C–C–N with tert-alkyl or cyclic N) is 1. The molecule has 1 heterocycles. The van der Waals surface area contributed by atoms with E-state index >= 15 is 0 Å². The SMILES string of the molecule is CC[C@H](C)[C@H](NC(=O)[C@@H]1CCCN1C[C@@H](O)C(=O)[C@H](Cc1ccccc1)NC(=O)[C@H](CC(N)=O)NC(=O)[C@H](CC(C)C)NC(=O)[C@H](CO)NC(C)=O)C(=O)N[C@H](C(N)=O)C(C)C. The summed E-state index contributed by atoms with van der Waals surface area (Å²) in [5.74, 6) is -7.80. The average Bonchev–Trinajstić information content (AvgIpc) is 3.67. The third-order valence-corrected chi connectivity index (χ3v) is 10.7. The standard InChI is InChI=1S/C42H67N9O11/c1-8-24(6)35(42(62)49-34(23(4)5)37(44)57)50-41(61)31-15-12-16-51(31)20-32(54)36(56)27(18-26-13-10-9-11-14-26)46-39(59)29(19-33(43)55)48-38(58)28(17-22(2)3)47-40(60)30(21-52)45-25(7)53/h9-11,13-14,22-24,27-32,34-35,52,54H,8,12,15-21H2,1-7H3,(H2,43,55)(H2,44,57)(H,45,53)(H,46,59)(H,47,60)(H,48,58)(H,49,62)(H,50,61)/t24-,27-,28-,29-,30-,31-,32+,34-,35-/m0/s1. The fourth-order valence-electron chi connectivity index (χ4n) is 7.09. The number of nitrogens with one attached hydrogen (secondary N) is 6. The maximum atomic E-state index is 14.1. The fraction of sp³-hybridized carbons (Fsp3) is 0.643. The fourth-order valence-corrected chi connectivity index (χ4v) is 7.09. The lowest BCUT2D eigenvalue weighted by molar-refractivity contribution is -0.137. The maximum Gasteiger partial charge on any atom is 0.245 e. The predicted molar refractivity (Wildman–Crippen MR) is 227 cm³/mol. The van der Waals surface area contributed by atoms with Crippen molar-refractivity contribution in [2.75, 3.05) is 19.7 Å².